The third kappa shape index (κ3) is 6.00. The lowest BCUT2D eigenvalue weighted by Crippen LogP contribution is -2.46. The highest BCUT2D eigenvalue weighted by atomic mass is 16.5. The quantitative estimate of drug-likeness (QED) is 0.617. The standard InChI is InChI=1S/C19H33NO3/c1-12(2)16(20-17(21)13(3)4)18(22)23-15-10-8-14(9-11-15)19(5,6)7/h12,14-16H,3,8-11H2,1-2,4-7H3,(H,20,21). The lowest BCUT2D eigenvalue weighted by Gasteiger charge is -2.37. The van der Waals surface area contributed by atoms with Crippen LogP contribution in [0, 0.1) is 17.3 Å². The largest absolute Gasteiger partial charge is 0.461 e. The van der Waals surface area contributed by atoms with E-state index in [1.807, 2.05) is 13.8 Å². The lowest BCUT2D eigenvalue weighted by atomic mass is 9.72. The van der Waals surface area contributed by atoms with Crippen molar-refractivity contribution in [2.24, 2.45) is 17.3 Å². The van der Waals surface area contributed by atoms with Crippen LogP contribution in [-0.2, 0) is 14.3 Å². The SMILES string of the molecule is C=C(C)C(=O)NC(C(=O)OC1CCC(C(C)(C)C)CC1)C(C)C. The van der Waals surface area contributed by atoms with E-state index in [4.69, 9.17) is 4.74 Å². The van der Waals surface area contributed by atoms with Gasteiger partial charge in [0.15, 0.2) is 0 Å². The first-order valence-electron chi connectivity index (χ1n) is 8.69. The van der Waals surface area contributed by atoms with Crippen LogP contribution in [0.1, 0.15) is 67.2 Å². The number of carbonyl (C=O) groups is 2. The fourth-order valence-corrected chi connectivity index (χ4v) is 3.05. The first-order chi connectivity index (χ1) is 10.5. The van der Waals surface area contributed by atoms with Crippen LogP contribution in [0.15, 0.2) is 12.2 Å². The number of ether oxygens (including phenoxy) is 1. The van der Waals surface area contributed by atoms with Gasteiger partial charge in [0.25, 0.3) is 0 Å². The number of carbonyl (C=O) groups excluding carboxylic acids is 2. The third-order valence-corrected chi connectivity index (χ3v) is 4.78. The Bertz CT molecular complexity index is 440. The van der Waals surface area contributed by atoms with Crippen molar-refractivity contribution in [2.45, 2.75) is 79.4 Å². The molecule has 1 atom stereocenters. The van der Waals surface area contributed by atoms with Crippen molar-refractivity contribution in [1.82, 2.24) is 5.32 Å². The van der Waals surface area contributed by atoms with Gasteiger partial charge in [0.05, 0.1) is 0 Å². The van der Waals surface area contributed by atoms with E-state index in [1.165, 1.54) is 0 Å². The van der Waals surface area contributed by atoms with Crippen molar-refractivity contribution in [3.63, 3.8) is 0 Å². The summed E-state index contributed by atoms with van der Waals surface area (Å²) >= 11 is 0. The zero-order chi connectivity index (χ0) is 17.8. The number of esters is 1. The normalized spacial score (nSPS) is 23.3. The number of rotatable bonds is 5. The van der Waals surface area contributed by atoms with Gasteiger partial charge in [0.2, 0.25) is 5.91 Å². The Morgan fingerprint density at radius 1 is 1.13 bits per heavy atom. The molecule has 1 rings (SSSR count). The van der Waals surface area contributed by atoms with E-state index in [1.54, 1.807) is 6.92 Å². The lowest BCUT2D eigenvalue weighted by molar-refractivity contribution is -0.156. The van der Waals surface area contributed by atoms with Crippen LogP contribution < -0.4 is 5.32 Å². The second kappa shape index (κ2) is 7.98. The summed E-state index contributed by atoms with van der Waals surface area (Å²) in [5.41, 5.74) is 0.708. The van der Waals surface area contributed by atoms with Gasteiger partial charge in [0, 0.05) is 5.57 Å². The molecule has 1 fully saturated rings. The molecule has 1 N–H and O–H groups in total. The van der Waals surface area contributed by atoms with Gasteiger partial charge in [-0.3, -0.25) is 4.79 Å². The average Bonchev–Trinajstić information content (AvgIpc) is 2.43. The molecule has 4 nitrogen and oxygen atoms in total. The van der Waals surface area contributed by atoms with Crippen LogP contribution in [0.3, 0.4) is 0 Å². The van der Waals surface area contributed by atoms with E-state index in [0.29, 0.717) is 16.9 Å². The minimum Gasteiger partial charge on any atom is -0.461 e. The molecule has 132 valence electrons. The molecule has 0 heterocycles. The zero-order valence-corrected chi connectivity index (χ0v) is 15.6. The maximum Gasteiger partial charge on any atom is 0.329 e. The van der Waals surface area contributed by atoms with Gasteiger partial charge in [-0.25, -0.2) is 4.79 Å². The molecule has 1 aliphatic rings. The van der Waals surface area contributed by atoms with Crippen LogP contribution >= 0.6 is 0 Å². The van der Waals surface area contributed by atoms with Gasteiger partial charge < -0.3 is 10.1 Å². The summed E-state index contributed by atoms with van der Waals surface area (Å²) in [5.74, 6) is 0.0454. The van der Waals surface area contributed by atoms with Crippen molar-refractivity contribution in [2.75, 3.05) is 0 Å². The van der Waals surface area contributed by atoms with Crippen molar-refractivity contribution in [3.05, 3.63) is 12.2 Å². The van der Waals surface area contributed by atoms with Gasteiger partial charge in [-0.05, 0) is 49.9 Å². The summed E-state index contributed by atoms with van der Waals surface area (Å²) in [4.78, 5) is 24.2. The van der Waals surface area contributed by atoms with E-state index in [9.17, 15) is 9.59 Å². The molecule has 1 saturated carbocycles. The monoisotopic (exact) mass is 323 g/mol. The third-order valence-electron chi connectivity index (χ3n) is 4.78. The molecule has 0 aliphatic heterocycles. The van der Waals surface area contributed by atoms with Crippen LogP contribution in [0.5, 0.6) is 0 Å². The first kappa shape index (κ1) is 19.7. The molecule has 0 aromatic carbocycles. The fraction of sp³-hybridized carbons (Fsp3) is 0.789. The Balaban J connectivity index is 2.57. The maximum absolute atomic E-state index is 12.4. The molecule has 23 heavy (non-hydrogen) atoms. The zero-order valence-electron chi connectivity index (χ0n) is 15.6. The molecule has 1 amide bonds. The molecule has 1 aliphatic carbocycles. The van der Waals surface area contributed by atoms with Crippen molar-refractivity contribution < 1.29 is 14.3 Å². The Labute approximate surface area is 141 Å². The number of hydrogen-bond acceptors (Lipinski definition) is 3. The summed E-state index contributed by atoms with van der Waals surface area (Å²) in [6.07, 6.45) is 3.97. The topological polar surface area (TPSA) is 55.4 Å². The first-order valence-corrected chi connectivity index (χ1v) is 8.69. The Morgan fingerprint density at radius 2 is 1.65 bits per heavy atom. The molecule has 0 radical (unpaired) electrons. The van der Waals surface area contributed by atoms with Gasteiger partial charge in [0.1, 0.15) is 12.1 Å². The number of hydrogen-bond donors (Lipinski definition) is 1. The Morgan fingerprint density at radius 3 is 2.04 bits per heavy atom. The van der Waals surface area contributed by atoms with E-state index < -0.39 is 6.04 Å². The fourth-order valence-electron chi connectivity index (χ4n) is 3.05. The molecule has 0 aromatic rings. The van der Waals surface area contributed by atoms with Gasteiger partial charge >= 0.3 is 5.97 Å². The van der Waals surface area contributed by atoms with Crippen molar-refractivity contribution in [1.29, 1.82) is 0 Å². The smallest absolute Gasteiger partial charge is 0.329 e. The summed E-state index contributed by atoms with van der Waals surface area (Å²) in [7, 11) is 0. The predicted octanol–water partition coefficient (Wildman–Crippen LogP) is 3.85. The van der Waals surface area contributed by atoms with Crippen LogP contribution in [0.25, 0.3) is 0 Å². The second-order valence-electron chi connectivity index (χ2n) is 8.25. The van der Waals surface area contributed by atoms with E-state index >= 15 is 0 Å². The van der Waals surface area contributed by atoms with Crippen LogP contribution in [-0.4, -0.2) is 24.0 Å². The van der Waals surface area contributed by atoms with Crippen molar-refractivity contribution in [3.8, 4) is 0 Å². The molecule has 0 spiro atoms. The Kier molecular flexibility index (Phi) is 6.84. The molecule has 1 unspecified atom stereocenters. The van der Waals surface area contributed by atoms with Crippen LogP contribution in [0.2, 0.25) is 0 Å². The number of amides is 1. The molecular formula is C19H33NO3. The summed E-state index contributed by atoms with van der Waals surface area (Å²) in [5, 5.41) is 2.73. The van der Waals surface area contributed by atoms with E-state index in [0.717, 1.165) is 25.7 Å². The number of nitrogens with one attached hydrogen (secondary N) is 1. The Hall–Kier alpha value is -1.32. The predicted molar refractivity (Wildman–Crippen MR) is 92.9 cm³/mol. The summed E-state index contributed by atoms with van der Waals surface area (Å²) in [6.45, 7) is 15.9. The minimum absolute atomic E-state index is 0.0169. The van der Waals surface area contributed by atoms with Crippen molar-refractivity contribution >= 4 is 11.9 Å². The highest BCUT2D eigenvalue weighted by Crippen LogP contribution is 2.38. The maximum atomic E-state index is 12.4. The summed E-state index contributed by atoms with van der Waals surface area (Å²) in [6, 6.07) is -0.612. The molecule has 0 aromatic heterocycles. The minimum atomic E-state index is -0.612. The molecule has 4 heteroatoms. The molecular weight excluding hydrogens is 290 g/mol. The highest BCUT2D eigenvalue weighted by Gasteiger charge is 2.33. The van der Waals surface area contributed by atoms with E-state index in [2.05, 4.69) is 32.7 Å². The molecule has 0 saturated heterocycles. The van der Waals surface area contributed by atoms with Crippen LogP contribution in [0.4, 0.5) is 0 Å². The van der Waals surface area contributed by atoms with Gasteiger partial charge in [-0.1, -0.05) is 41.2 Å². The van der Waals surface area contributed by atoms with Gasteiger partial charge in [-0.2, -0.15) is 0 Å². The average molecular weight is 323 g/mol. The second-order valence-corrected chi connectivity index (χ2v) is 8.25. The van der Waals surface area contributed by atoms with E-state index in [-0.39, 0.29) is 23.9 Å². The summed E-state index contributed by atoms with van der Waals surface area (Å²) < 4.78 is 5.67. The highest BCUT2D eigenvalue weighted by molar-refractivity contribution is 5.95. The molecule has 0 bridgehead atoms. The van der Waals surface area contributed by atoms with Gasteiger partial charge in [-0.15, -0.1) is 0 Å².